The Hall–Kier alpha value is -4.18. The maximum atomic E-state index is 12.8. The van der Waals surface area contributed by atoms with Crippen molar-refractivity contribution in [3.05, 3.63) is 78.1 Å². The number of rotatable bonds is 4. The van der Waals surface area contributed by atoms with Gasteiger partial charge in [0, 0.05) is 13.2 Å². The molecule has 0 atom stereocenters. The molecule has 28 heavy (non-hydrogen) atoms. The maximum Gasteiger partial charge on any atom is 0.258 e. The molecule has 0 unspecified atom stereocenters. The molecule has 4 rings (SSSR count). The summed E-state index contributed by atoms with van der Waals surface area (Å²) in [5, 5.41) is 17.1. The van der Waals surface area contributed by atoms with Gasteiger partial charge in [0.25, 0.3) is 5.91 Å². The van der Waals surface area contributed by atoms with Crippen LogP contribution in [0.25, 0.3) is 10.9 Å². The quantitative estimate of drug-likeness (QED) is 0.589. The summed E-state index contributed by atoms with van der Waals surface area (Å²) in [6.07, 6.45) is 3.27. The lowest BCUT2D eigenvalue weighted by Gasteiger charge is -2.08. The number of hydrogen-bond acceptors (Lipinski definition) is 5. The van der Waals surface area contributed by atoms with E-state index in [9.17, 15) is 10.1 Å². The van der Waals surface area contributed by atoms with Crippen LogP contribution in [-0.2, 0) is 7.05 Å². The van der Waals surface area contributed by atoms with Gasteiger partial charge >= 0.3 is 0 Å². The number of amides is 1. The third-order valence-corrected chi connectivity index (χ3v) is 4.23. The van der Waals surface area contributed by atoms with E-state index in [1.807, 2.05) is 18.2 Å². The Kier molecular flexibility index (Phi) is 4.44. The van der Waals surface area contributed by atoms with E-state index in [2.05, 4.69) is 15.4 Å². The summed E-state index contributed by atoms with van der Waals surface area (Å²) in [7, 11) is 1.79. The first-order chi connectivity index (χ1) is 13.7. The third-order valence-electron chi connectivity index (χ3n) is 4.23. The van der Waals surface area contributed by atoms with Gasteiger partial charge in [-0.25, -0.2) is 0 Å². The second kappa shape index (κ2) is 7.21. The fourth-order valence-electron chi connectivity index (χ4n) is 2.94. The molecule has 2 heterocycles. The number of aryl methyl sites for hydroxylation is 1. The van der Waals surface area contributed by atoms with Gasteiger partial charge < -0.3 is 10.1 Å². The fraction of sp³-hybridized carbons (Fsp3) is 0.0476. The largest absolute Gasteiger partial charge is 0.455 e. The van der Waals surface area contributed by atoms with E-state index in [-0.39, 0.29) is 5.56 Å². The van der Waals surface area contributed by atoms with Gasteiger partial charge in [0.1, 0.15) is 11.5 Å². The first-order valence-electron chi connectivity index (χ1n) is 8.51. The number of nitrogens with zero attached hydrogens (tertiary/aromatic N) is 4. The molecule has 0 bridgehead atoms. The minimum Gasteiger partial charge on any atom is -0.455 e. The molecule has 0 aliphatic rings. The van der Waals surface area contributed by atoms with Gasteiger partial charge in [-0.05, 0) is 36.4 Å². The number of benzene rings is 2. The summed E-state index contributed by atoms with van der Waals surface area (Å²) in [4.78, 5) is 16.8. The molecule has 1 N–H and O–H groups in total. The summed E-state index contributed by atoms with van der Waals surface area (Å²) in [6, 6.07) is 17.8. The molecule has 0 saturated carbocycles. The average molecular weight is 369 g/mol. The second-order valence-corrected chi connectivity index (χ2v) is 6.02. The predicted octanol–water partition coefficient (Wildman–Crippen LogP) is 3.88. The predicted molar refractivity (Wildman–Crippen MR) is 104 cm³/mol. The van der Waals surface area contributed by atoms with Gasteiger partial charge in [-0.15, -0.1) is 0 Å². The van der Waals surface area contributed by atoms with Gasteiger partial charge in [-0.2, -0.15) is 10.4 Å². The molecular formula is C21H15N5O2. The van der Waals surface area contributed by atoms with E-state index < -0.39 is 5.91 Å². The van der Waals surface area contributed by atoms with Gasteiger partial charge in [0.15, 0.2) is 5.82 Å². The standard InChI is InChI=1S/C21H15N5O2/c1-26-17-9-4-10-18(28-15-7-5-11-23-13-15)19(17)20(25-26)24-21(27)16-8-3-2-6-14(16)12-22/h2-11,13H,1H3,(H,24,25,27). The normalized spacial score (nSPS) is 10.4. The molecule has 0 aliphatic carbocycles. The van der Waals surface area contributed by atoms with Gasteiger partial charge in [0.2, 0.25) is 0 Å². The van der Waals surface area contributed by atoms with Crippen molar-refractivity contribution in [2.24, 2.45) is 7.05 Å². The minimum atomic E-state index is -0.409. The van der Waals surface area contributed by atoms with E-state index in [0.29, 0.717) is 28.3 Å². The molecule has 2 aromatic heterocycles. The maximum absolute atomic E-state index is 12.8. The van der Waals surface area contributed by atoms with E-state index >= 15 is 0 Å². The van der Waals surface area contributed by atoms with Crippen molar-refractivity contribution in [2.75, 3.05) is 5.32 Å². The number of nitrogens with one attached hydrogen (secondary N) is 1. The Labute approximate surface area is 160 Å². The van der Waals surface area contributed by atoms with Gasteiger partial charge in [-0.1, -0.05) is 18.2 Å². The average Bonchev–Trinajstić information content (AvgIpc) is 3.05. The van der Waals surface area contributed by atoms with E-state index in [0.717, 1.165) is 5.52 Å². The van der Waals surface area contributed by atoms with Crippen LogP contribution in [0.1, 0.15) is 15.9 Å². The summed E-state index contributed by atoms with van der Waals surface area (Å²) in [5.74, 6) is 1.07. The molecule has 0 saturated heterocycles. The number of pyridine rings is 1. The number of hydrogen-bond donors (Lipinski definition) is 1. The molecule has 136 valence electrons. The van der Waals surface area contributed by atoms with Crippen LogP contribution in [0.5, 0.6) is 11.5 Å². The zero-order valence-electron chi connectivity index (χ0n) is 15.0. The monoisotopic (exact) mass is 369 g/mol. The topological polar surface area (TPSA) is 92.8 Å². The van der Waals surface area contributed by atoms with Crippen LogP contribution in [-0.4, -0.2) is 20.7 Å². The Morgan fingerprint density at radius 2 is 2.00 bits per heavy atom. The van der Waals surface area contributed by atoms with Crippen molar-refractivity contribution in [1.29, 1.82) is 5.26 Å². The van der Waals surface area contributed by atoms with Crippen LogP contribution in [0.4, 0.5) is 5.82 Å². The second-order valence-electron chi connectivity index (χ2n) is 6.02. The van der Waals surface area contributed by atoms with Crippen molar-refractivity contribution in [3.8, 4) is 17.6 Å². The number of ether oxygens (including phenoxy) is 1. The summed E-state index contributed by atoms with van der Waals surface area (Å²) in [5.41, 5.74) is 1.38. The third kappa shape index (κ3) is 3.15. The number of anilines is 1. The zero-order chi connectivity index (χ0) is 19.5. The molecule has 0 aliphatic heterocycles. The van der Waals surface area contributed by atoms with Crippen LogP contribution in [0.15, 0.2) is 67.0 Å². The number of nitriles is 1. The van der Waals surface area contributed by atoms with Gasteiger partial charge in [-0.3, -0.25) is 14.5 Å². The van der Waals surface area contributed by atoms with Crippen LogP contribution in [0, 0.1) is 11.3 Å². The Bertz CT molecular complexity index is 1210. The SMILES string of the molecule is Cn1nc(NC(=O)c2ccccc2C#N)c2c(Oc3cccnc3)cccc21. The highest BCUT2D eigenvalue weighted by Crippen LogP contribution is 2.34. The Morgan fingerprint density at radius 3 is 2.79 bits per heavy atom. The Balaban J connectivity index is 1.75. The molecule has 0 radical (unpaired) electrons. The first kappa shape index (κ1) is 17.2. The Morgan fingerprint density at radius 1 is 1.14 bits per heavy atom. The minimum absolute atomic E-state index is 0.287. The molecule has 0 spiro atoms. The van der Waals surface area contributed by atoms with Crippen molar-refractivity contribution in [1.82, 2.24) is 14.8 Å². The molecule has 2 aromatic carbocycles. The number of carbonyl (C=O) groups excluding carboxylic acids is 1. The van der Waals surface area contributed by atoms with Gasteiger partial charge in [0.05, 0.1) is 34.3 Å². The molecule has 7 heteroatoms. The van der Waals surface area contributed by atoms with Crippen LogP contribution >= 0.6 is 0 Å². The number of fused-ring (bicyclic) bond motifs is 1. The molecule has 4 aromatic rings. The highest BCUT2D eigenvalue weighted by atomic mass is 16.5. The van der Waals surface area contributed by atoms with Crippen LogP contribution in [0.2, 0.25) is 0 Å². The zero-order valence-corrected chi connectivity index (χ0v) is 15.0. The fourth-order valence-corrected chi connectivity index (χ4v) is 2.94. The highest BCUT2D eigenvalue weighted by Gasteiger charge is 2.18. The first-order valence-corrected chi connectivity index (χ1v) is 8.51. The molecule has 7 nitrogen and oxygen atoms in total. The van der Waals surface area contributed by atoms with E-state index in [4.69, 9.17) is 4.74 Å². The molecular weight excluding hydrogens is 354 g/mol. The molecule has 0 fully saturated rings. The lowest BCUT2D eigenvalue weighted by Crippen LogP contribution is -2.14. The number of carbonyl (C=O) groups is 1. The summed E-state index contributed by atoms with van der Waals surface area (Å²) in [6.45, 7) is 0. The lowest BCUT2D eigenvalue weighted by atomic mass is 10.1. The van der Waals surface area contributed by atoms with Crippen LogP contribution < -0.4 is 10.1 Å². The van der Waals surface area contributed by atoms with Crippen molar-refractivity contribution >= 4 is 22.6 Å². The van der Waals surface area contributed by atoms with E-state index in [1.165, 1.54) is 0 Å². The smallest absolute Gasteiger partial charge is 0.258 e. The van der Waals surface area contributed by atoms with Crippen molar-refractivity contribution < 1.29 is 9.53 Å². The van der Waals surface area contributed by atoms with E-state index in [1.54, 1.807) is 66.6 Å². The molecule has 1 amide bonds. The van der Waals surface area contributed by atoms with Crippen molar-refractivity contribution in [2.45, 2.75) is 0 Å². The highest BCUT2D eigenvalue weighted by molar-refractivity contribution is 6.10. The lowest BCUT2D eigenvalue weighted by molar-refractivity contribution is 0.102. The summed E-state index contributed by atoms with van der Waals surface area (Å²) < 4.78 is 7.62. The summed E-state index contributed by atoms with van der Waals surface area (Å²) >= 11 is 0. The van der Waals surface area contributed by atoms with Crippen molar-refractivity contribution in [3.63, 3.8) is 0 Å². The number of aromatic nitrogens is 3. The van der Waals surface area contributed by atoms with Crippen LogP contribution in [0.3, 0.4) is 0 Å².